The number of ether oxygens (including phenoxy) is 1. The van der Waals surface area contributed by atoms with Crippen LogP contribution in [0.3, 0.4) is 0 Å². The number of anilines is 1. The lowest BCUT2D eigenvalue weighted by molar-refractivity contribution is -0.386. The van der Waals surface area contributed by atoms with Crippen LogP contribution in [0.2, 0.25) is 0 Å². The van der Waals surface area contributed by atoms with Gasteiger partial charge in [0, 0.05) is 12.4 Å². The number of amides is 1. The van der Waals surface area contributed by atoms with Crippen LogP contribution in [0.25, 0.3) is 11.0 Å². The molecule has 0 aliphatic carbocycles. The van der Waals surface area contributed by atoms with E-state index in [4.69, 9.17) is 4.74 Å². The second-order valence-corrected chi connectivity index (χ2v) is 9.28. The second-order valence-electron chi connectivity index (χ2n) is 7.69. The molecule has 0 aliphatic rings. The Morgan fingerprint density at radius 3 is 2.09 bits per heavy atom. The van der Waals surface area contributed by atoms with Gasteiger partial charge >= 0.3 is 11.8 Å². The quantitative estimate of drug-likeness (QED) is 0.232. The number of rotatable bonds is 4. The van der Waals surface area contributed by atoms with Gasteiger partial charge < -0.3 is 4.74 Å². The zero-order valence-electron chi connectivity index (χ0n) is 18.8. The number of nitrogens with zero attached hydrogens (tertiary/aromatic N) is 5. The van der Waals surface area contributed by atoms with Gasteiger partial charge in [0.2, 0.25) is 0 Å². The summed E-state index contributed by atoms with van der Waals surface area (Å²) in [5, 5.41) is 23.3. The molecular weight excluding hydrogens is 464 g/mol. The molecule has 0 bridgehead atoms. The van der Waals surface area contributed by atoms with Crippen molar-refractivity contribution < 1.29 is 14.5 Å². The van der Waals surface area contributed by atoms with E-state index in [1.54, 1.807) is 35.2 Å². The first-order valence-corrected chi connectivity index (χ1v) is 12.3. The van der Waals surface area contributed by atoms with Gasteiger partial charge in [-0.15, -0.1) is 23.5 Å². The summed E-state index contributed by atoms with van der Waals surface area (Å²) in [6.45, 7) is 5.49. The number of thioether (sulfide) groups is 2. The number of aromatic nitrogens is 4. The molecule has 0 radical (unpaired) electrons. The van der Waals surface area contributed by atoms with E-state index in [2.05, 4.69) is 15.5 Å². The molecule has 0 atom stereocenters. The summed E-state index contributed by atoms with van der Waals surface area (Å²) in [6.07, 6.45) is 6.76. The van der Waals surface area contributed by atoms with Crippen LogP contribution in [-0.4, -0.2) is 48.4 Å². The number of fused-ring (bicyclic) bond motifs is 2. The summed E-state index contributed by atoms with van der Waals surface area (Å²) < 4.78 is 8.52. The predicted molar refractivity (Wildman–Crippen MR) is 130 cm³/mol. The molecule has 0 unspecified atom stereocenters. The van der Waals surface area contributed by atoms with E-state index in [1.807, 2.05) is 51.4 Å². The molecule has 4 heterocycles. The van der Waals surface area contributed by atoms with Gasteiger partial charge in [0.15, 0.2) is 5.03 Å². The first-order valence-electron chi connectivity index (χ1n) is 9.81. The minimum atomic E-state index is -0.521. The fourth-order valence-corrected chi connectivity index (χ4v) is 3.99. The lowest BCUT2D eigenvalue weighted by Gasteiger charge is -2.19. The Hall–Kier alpha value is -3.25. The number of hydrogen-bond donors (Lipinski definition) is 1. The van der Waals surface area contributed by atoms with Crippen LogP contribution < -0.4 is 5.32 Å². The van der Waals surface area contributed by atoms with Gasteiger partial charge in [-0.1, -0.05) is 12.1 Å². The molecule has 4 aromatic heterocycles. The van der Waals surface area contributed by atoms with Gasteiger partial charge in [0.1, 0.15) is 21.8 Å². The average Bonchev–Trinajstić information content (AvgIpc) is 3.31. The van der Waals surface area contributed by atoms with Crippen molar-refractivity contribution in [2.45, 2.75) is 36.4 Å². The van der Waals surface area contributed by atoms with Gasteiger partial charge in [-0.3, -0.25) is 15.4 Å². The molecule has 1 amide bonds. The van der Waals surface area contributed by atoms with Crippen LogP contribution in [-0.2, 0) is 4.74 Å². The fraction of sp³-hybridized carbons (Fsp3) is 0.286. The van der Waals surface area contributed by atoms with E-state index < -0.39 is 16.6 Å². The van der Waals surface area contributed by atoms with Crippen molar-refractivity contribution in [2.75, 3.05) is 17.8 Å². The summed E-state index contributed by atoms with van der Waals surface area (Å²) in [5.74, 6) is 0. The van der Waals surface area contributed by atoms with E-state index in [9.17, 15) is 14.9 Å². The molecule has 10 nitrogen and oxygen atoms in total. The summed E-state index contributed by atoms with van der Waals surface area (Å²) >= 11 is 2.75. The molecule has 33 heavy (non-hydrogen) atoms. The van der Waals surface area contributed by atoms with Crippen molar-refractivity contribution >= 4 is 52.0 Å². The van der Waals surface area contributed by atoms with Crippen LogP contribution in [0.1, 0.15) is 20.8 Å². The number of carbonyl (C=O) groups excluding carboxylic acids is 1. The van der Waals surface area contributed by atoms with Crippen LogP contribution >= 0.6 is 23.5 Å². The van der Waals surface area contributed by atoms with Gasteiger partial charge in [0.25, 0.3) is 0 Å². The maximum Gasteiger partial charge on any atom is 0.412 e. The van der Waals surface area contributed by atoms with Crippen LogP contribution in [0, 0.1) is 10.1 Å². The molecule has 4 rings (SSSR count). The smallest absolute Gasteiger partial charge is 0.412 e. The van der Waals surface area contributed by atoms with E-state index in [-0.39, 0.29) is 5.69 Å². The van der Waals surface area contributed by atoms with Gasteiger partial charge in [0.05, 0.1) is 10.4 Å². The molecule has 4 aromatic rings. The number of hydrogen-bond acceptors (Lipinski definition) is 8. The third kappa shape index (κ3) is 5.76. The highest BCUT2D eigenvalue weighted by molar-refractivity contribution is 7.98. The first-order chi connectivity index (χ1) is 15.6. The zero-order chi connectivity index (χ0) is 24.2. The van der Waals surface area contributed by atoms with E-state index >= 15 is 0 Å². The lowest BCUT2D eigenvalue weighted by atomic mass is 10.2. The monoisotopic (exact) mass is 488 g/mol. The molecule has 0 aromatic carbocycles. The van der Waals surface area contributed by atoms with Gasteiger partial charge in [-0.05, 0) is 57.5 Å². The summed E-state index contributed by atoms with van der Waals surface area (Å²) in [5.41, 5.74) is 1.62. The van der Waals surface area contributed by atoms with Crippen molar-refractivity contribution in [2.24, 2.45) is 0 Å². The number of nitro groups is 1. The van der Waals surface area contributed by atoms with E-state index in [1.165, 1.54) is 28.0 Å². The predicted octanol–water partition coefficient (Wildman–Crippen LogP) is 5.37. The Labute approximate surface area is 198 Å². The number of pyridine rings is 2. The Bertz CT molecular complexity index is 1300. The van der Waals surface area contributed by atoms with Crippen molar-refractivity contribution in [3.63, 3.8) is 0 Å². The van der Waals surface area contributed by atoms with Crippen molar-refractivity contribution in [1.29, 1.82) is 0 Å². The summed E-state index contributed by atoms with van der Waals surface area (Å²) in [6, 6.07) is 10.9. The van der Waals surface area contributed by atoms with Crippen molar-refractivity contribution in [1.82, 2.24) is 19.2 Å². The molecule has 0 saturated heterocycles. The van der Waals surface area contributed by atoms with Gasteiger partial charge in [-0.25, -0.2) is 13.8 Å². The summed E-state index contributed by atoms with van der Waals surface area (Å²) in [7, 11) is 0. The molecule has 12 heteroatoms. The molecule has 0 saturated carbocycles. The maximum absolute atomic E-state index is 11.9. The Morgan fingerprint density at radius 2 is 1.55 bits per heavy atom. The minimum Gasteiger partial charge on any atom is -0.444 e. The highest BCUT2D eigenvalue weighted by atomic mass is 32.2. The van der Waals surface area contributed by atoms with E-state index in [0.717, 1.165) is 10.5 Å². The first kappa shape index (κ1) is 24.4. The second kappa shape index (κ2) is 10.1. The van der Waals surface area contributed by atoms with Crippen molar-refractivity contribution in [3.8, 4) is 0 Å². The third-order valence-corrected chi connectivity index (χ3v) is 5.52. The number of carbonyl (C=O) groups is 1. The fourth-order valence-electron chi connectivity index (χ4n) is 2.92. The third-order valence-electron chi connectivity index (χ3n) is 4.19. The molecule has 174 valence electrons. The number of nitrogens with one attached hydrogen (secondary N) is 1. The Balaban J connectivity index is 0.000000194. The molecule has 0 spiro atoms. The minimum absolute atomic E-state index is 0.0816. The molecule has 0 aliphatic heterocycles. The molecular formula is C21H24N6O4S2. The van der Waals surface area contributed by atoms with Gasteiger partial charge in [-0.2, -0.15) is 10.2 Å². The molecule has 1 N–H and O–H groups in total. The standard InChI is InChI=1S/C13H17N3O2S.C8H7N3O2S/c1-13(2,3)18-12(17)14-10-9-7-5-6-8-16(9)15-11(10)19-4;1-14-8-7(11(12)13)6-4-2-3-5-10(6)9-8/h5-8H,1-4H3,(H,14,17);2-5H,1H3. The van der Waals surface area contributed by atoms with E-state index in [0.29, 0.717) is 16.2 Å². The Morgan fingerprint density at radius 1 is 1.00 bits per heavy atom. The maximum atomic E-state index is 11.9. The normalized spacial score (nSPS) is 11.2. The Kier molecular flexibility index (Phi) is 7.49. The summed E-state index contributed by atoms with van der Waals surface area (Å²) in [4.78, 5) is 22.3. The highest BCUT2D eigenvalue weighted by Gasteiger charge is 2.22. The topological polar surface area (TPSA) is 116 Å². The van der Waals surface area contributed by atoms with Crippen molar-refractivity contribution in [3.05, 3.63) is 58.9 Å². The highest BCUT2D eigenvalue weighted by Crippen LogP contribution is 2.31. The van der Waals surface area contributed by atoms with Crippen LogP contribution in [0.5, 0.6) is 0 Å². The van der Waals surface area contributed by atoms with Crippen LogP contribution in [0.15, 0.2) is 58.8 Å². The largest absolute Gasteiger partial charge is 0.444 e. The SMILES string of the molecule is CSc1nn2ccccc2c1NC(=O)OC(C)(C)C.CSc1nn2ccccc2c1[N+](=O)[O-]. The lowest BCUT2D eigenvalue weighted by Crippen LogP contribution is -2.27. The zero-order valence-corrected chi connectivity index (χ0v) is 20.4. The average molecular weight is 489 g/mol. The molecule has 0 fully saturated rings. The van der Waals surface area contributed by atoms with Crippen LogP contribution in [0.4, 0.5) is 16.2 Å².